The van der Waals surface area contributed by atoms with Gasteiger partial charge in [-0.25, -0.2) is 9.97 Å². The predicted octanol–water partition coefficient (Wildman–Crippen LogP) is 2.50. The Morgan fingerprint density at radius 2 is 2.32 bits per heavy atom. The number of aromatic nitrogens is 2. The van der Waals surface area contributed by atoms with Crippen molar-refractivity contribution in [3.05, 3.63) is 10.8 Å². The molecule has 3 N–H and O–H groups in total. The fourth-order valence-corrected chi connectivity index (χ4v) is 2.83. The highest BCUT2D eigenvalue weighted by atomic mass is 79.9. The molecule has 6 heteroatoms. The number of nitrogens with one attached hydrogen (secondary N) is 1. The molecule has 2 rings (SSSR count). The molecule has 1 fully saturated rings. The van der Waals surface area contributed by atoms with Gasteiger partial charge in [0.15, 0.2) is 0 Å². The van der Waals surface area contributed by atoms with Crippen molar-refractivity contribution in [3.8, 4) is 0 Å². The lowest BCUT2D eigenvalue weighted by Gasteiger charge is -2.33. The van der Waals surface area contributed by atoms with E-state index in [0.717, 1.165) is 35.8 Å². The Labute approximate surface area is 123 Å². The van der Waals surface area contributed by atoms with Crippen molar-refractivity contribution in [3.63, 3.8) is 0 Å². The van der Waals surface area contributed by atoms with Crippen LogP contribution in [0.25, 0.3) is 0 Å². The number of hydrogen-bond acceptors (Lipinski definition) is 5. The van der Waals surface area contributed by atoms with Crippen molar-refractivity contribution in [2.75, 3.05) is 30.7 Å². The van der Waals surface area contributed by atoms with Crippen LogP contribution in [0.2, 0.25) is 0 Å². The van der Waals surface area contributed by atoms with Gasteiger partial charge < -0.3 is 16.0 Å². The Morgan fingerprint density at radius 3 is 3.11 bits per heavy atom. The Bertz CT molecular complexity index is 412. The van der Waals surface area contributed by atoms with Gasteiger partial charge in [0.05, 0.1) is 0 Å². The second kappa shape index (κ2) is 7.05. The molecular formula is C13H22BrN5. The molecule has 1 atom stereocenters. The highest BCUT2D eigenvalue weighted by Gasteiger charge is 2.17. The topological polar surface area (TPSA) is 67.1 Å². The van der Waals surface area contributed by atoms with Crippen molar-refractivity contribution in [1.82, 2.24) is 14.9 Å². The Balaban J connectivity index is 1.73. The number of hydrogen-bond donors (Lipinski definition) is 2. The average Bonchev–Trinajstić information content (AvgIpc) is 2.41. The van der Waals surface area contributed by atoms with Crippen LogP contribution < -0.4 is 11.1 Å². The van der Waals surface area contributed by atoms with E-state index in [9.17, 15) is 0 Å². The molecule has 106 valence electrons. The van der Waals surface area contributed by atoms with Gasteiger partial charge in [-0.15, -0.1) is 0 Å². The number of nitrogens with zero attached hydrogens (tertiary/aromatic N) is 3. The first-order chi connectivity index (χ1) is 9.18. The van der Waals surface area contributed by atoms with E-state index < -0.39 is 0 Å². The molecule has 1 aliphatic heterocycles. The normalized spacial score (nSPS) is 20.4. The van der Waals surface area contributed by atoms with Crippen molar-refractivity contribution in [2.24, 2.45) is 0 Å². The number of nitrogens with two attached hydrogens (primary N) is 1. The first-order valence-corrected chi connectivity index (χ1v) is 7.71. The zero-order valence-corrected chi connectivity index (χ0v) is 13.0. The zero-order valence-electron chi connectivity index (χ0n) is 11.4. The van der Waals surface area contributed by atoms with E-state index in [0.29, 0.717) is 5.82 Å². The van der Waals surface area contributed by atoms with Crippen LogP contribution >= 0.6 is 15.9 Å². The molecule has 0 amide bonds. The highest BCUT2D eigenvalue weighted by molar-refractivity contribution is 9.10. The Kier molecular flexibility index (Phi) is 5.39. The summed E-state index contributed by atoms with van der Waals surface area (Å²) in [5.41, 5.74) is 5.71. The van der Waals surface area contributed by atoms with Gasteiger partial charge in [-0.05, 0) is 48.7 Å². The molecule has 19 heavy (non-hydrogen) atoms. The van der Waals surface area contributed by atoms with E-state index in [1.54, 1.807) is 0 Å². The van der Waals surface area contributed by atoms with Crippen LogP contribution in [0.4, 0.5) is 11.6 Å². The van der Waals surface area contributed by atoms with Gasteiger partial charge >= 0.3 is 0 Å². The van der Waals surface area contributed by atoms with Crippen LogP contribution in [0, 0.1) is 0 Å². The number of halogens is 1. The standard InChI is InChI=1S/C13H22BrN5/c1-10-5-2-3-7-19(10)8-4-6-16-13-11(14)12(15)17-9-18-13/h9-10H,2-8H2,1H3,(H3,15,16,17,18). The number of nitrogen functional groups attached to an aromatic ring is 1. The Hall–Kier alpha value is -0.880. The maximum atomic E-state index is 5.71. The summed E-state index contributed by atoms with van der Waals surface area (Å²) in [6, 6.07) is 0.732. The van der Waals surface area contributed by atoms with Gasteiger partial charge in [0.2, 0.25) is 0 Å². The number of likely N-dealkylation sites (tertiary alicyclic amines) is 1. The summed E-state index contributed by atoms with van der Waals surface area (Å²) in [4.78, 5) is 10.7. The smallest absolute Gasteiger partial charge is 0.145 e. The first-order valence-electron chi connectivity index (χ1n) is 6.92. The fourth-order valence-electron chi connectivity index (χ4n) is 2.49. The molecule has 0 saturated carbocycles. The maximum absolute atomic E-state index is 5.71. The van der Waals surface area contributed by atoms with Gasteiger partial charge in [0.1, 0.15) is 22.4 Å². The van der Waals surface area contributed by atoms with Gasteiger partial charge in [-0.1, -0.05) is 6.42 Å². The number of rotatable bonds is 5. The quantitative estimate of drug-likeness (QED) is 0.813. The lowest BCUT2D eigenvalue weighted by atomic mass is 10.0. The third-order valence-electron chi connectivity index (χ3n) is 3.67. The zero-order chi connectivity index (χ0) is 13.7. The fraction of sp³-hybridized carbons (Fsp3) is 0.692. The van der Waals surface area contributed by atoms with E-state index in [1.807, 2.05) is 0 Å². The molecule has 1 unspecified atom stereocenters. The summed E-state index contributed by atoms with van der Waals surface area (Å²) in [6.07, 6.45) is 6.64. The summed E-state index contributed by atoms with van der Waals surface area (Å²) in [6.45, 7) is 5.62. The predicted molar refractivity (Wildman–Crippen MR) is 82.1 cm³/mol. The molecule has 1 aliphatic rings. The van der Waals surface area contributed by atoms with Gasteiger partial charge in [-0.3, -0.25) is 0 Å². The van der Waals surface area contributed by atoms with E-state index in [-0.39, 0.29) is 0 Å². The highest BCUT2D eigenvalue weighted by Crippen LogP contribution is 2.23. The largest absolute Gasteiger partial charge is 0.383 e. The second-order valence-electron chi connectivity index (χ2n) is 5.08. The third kappa shape index (κ3) is 4.04. The van der Waals surface area contributed by atoms with Crippen molar-refractivity contribution < 1.29 is 0 Å². The minimum absolute atomic E-state index is 0.474. The van der Waals surface area contributed by atoms with Gasteiger partial charge in [0.25, 0.3) is 0 Å². The van der Waals surface area contributed by atoms with Crippen LogP contribution in [-0.4, -0.2) is 40.5 Å². The van der Waals surface area contributed by atoms with Crippen LogP contribution in [0.1, 0.15) is 32.6 Å². The summed E-state index contributed by atoms with van der Waals surface area (Å²) in [7, 11) is 0. The molecule has 0 aromatic carbocycles. The SMILES string of the molecule is CC1CCCCN1CCCNc1ncnc(N)c1Br. The summed E-state index contributed by atoms with van der Waals surface area (Å²) >= 11 is 3.40. The van der Waals surface area contributed by atoms with E-state index >= 15 is 0 Å². The second-order valence-corrected chi connectivity index (χ2v) is 5.88. The van der Waals surface area contributed by atoms with Crippen LogP contribution in [0.15, 0.2) is 10.8 Å². The Morgan fingerprint density at radius 1 is 1.47 bits per heavy atom. The minimum Gasteiger partial charge on any atom is -0.383 e. The summed E-state index contributed by atoms with van der Waals surface area (Å²) in [5, 5.41) is 3.30. The van der Waals surface area contributed by atoms with Crippen molar-refractivity contribution in [1.29, 1.82) is 0 Å². The molecule has 0 spiro atoms. The van der Waals surface area contributed by atoms with Crippen LogP contribution in [0.5, 0.6) is 0 Å². The first kappa shape index (κ1) is 14.5. The van der Waals surface area contributed by atoms with Crippen LogP contribution in [0.3, 0.4) is 0 Å². The number of piperidine rings is 1. The van der Waals surface area contributed by atoms with Crippen LogP contribution in [-0.2, 0) is 0 Å². The minimum atomic E-state index is 0.474. The van der Waals surface area contributed by atoms with Crippen molar-refractivity contribution >= 4 is 27.6 Å². The van der Waals surface area contributed by atoms with E-state index in [4.69, 9.17) is 5.73 Å². The van der Waals surface area contributed by atoms with E-state index in [1.165, 1.54) is 32.1 Å². The maximum Gasteiger partial charge on any atom is 0.145 e. The summed E-state index contributed by atoms with van der Waals surface area (Å²) in [5.74, 6) is 1.25. The molecule has 1 aromatic heterocycles. The molecule has 1 aromatic rings. The molecule has 5 nitrogen and oxygen atoms in total. The van der Waals surface area contributed by atoms with E-state index in [2.05, 4.69) is 43.0 Å². The van der Waals surface area contributed by atoms with Gasteiger partial charge in [-0.2, -0.15) is 0 Å². The third-order valence-corrected chi connectivity index (χ3v) is 4.45. The monoisotopic (exact) mass is 327 g/mol. The molecule has 0 bridgehead atoms. The molecule has 1 saturated heterocycles. The lowest BCUT2D eigenvalue weighted by molar-refractivity contribution is 0.160. The van der Waals surface area contributed by atoms with Gasteiger partial charge in [0, 0.05) is 19.1 Å². The molecular weight excluding hydrogens is 306 g/mol. The number of anilines is 2. The van der Waals surface area contributed by atoms with Crippen molar-refractivity contribution in [2.45, 2.75) is 38.6 Å². The summed E-state index contributed by atoms with van der Waals surface area (Å²) < 4.78 is 0.751. The average molecular weight is 328 g/mol. The molecule has 0 radical (unpaired) electrons. The lowest BCUT2D eigenvalue weighted by Crippen LogP contribution is -2.38. The molecule has 0 aliphatic carbocycles. The molecule has 2 heterocycles.